The topological polar surface area (TPSA) is 87.7 Å². The molecule has 0 spiro atoms. The zero-order chi connectivity index (χ0) is 17.1. The van der Waals surface area contributed by atoms with Gasteiger partial charge in [-0.05, 0) is 26.2 Å². The van der Waals surface area contributed by atoms with Crippen LogP contribution in [0.15, 0.2) is 0 Å². The molecule has 1 heterocycles. The minimum Gasteiger partial charge on any atom is -0.444 e. The Hall–Kier alpha value is -1.79. The highest BCUT2D eigenvalue weighted by Gasteiger charge is 2.34. The van der Waals surface area contributed by atoms with Crippen LogP contribution in [0.5, 0.6) is 0 Å². The number of carbonyl (C=O) groups excluding carboxylic acids is 3. The maximum Gasteiger partial charge on any atom is 0.407 e. The van der Waals surface area contributed by atoms with Crippen LogP contribution < -0.4 is 10.6 Å². The van der Waals surface area contributed by atoms with Crippen LogP contribution in [0.4, 0.5) is 9.59 Å². The van der Waals surface area contributed by atoms with E-state index in [2.05, 4.69) is 10.6 Å². The van der Waals surface area contributed by atoms with Crippen molar-refractivity contribution in [2.75, 3.05) is 13.1 Å². The minimum absolute atomic E-state index is 0.118. The van der Waals surface area contributed by atoms with Crippen molar-refractivity contribution in [3.63, 3.8) is 0 Å². The molecule has 0 unspecified atom stereocenters. The van der Waals surface area contributed by atoms with Gasteiger partial charge in [-0.15, -0.1) is 0 Å². The van der Waals surface area contributed by atoms with Crippen LogP contribution in [0.3, 0.4) is 0 Å². The first-order chi connectivity index (χ1) is 9.90. The van der Waals surface area contributed by atoms with Gasteiger partial charge < -0.3 is 15.4 Å². The molecular weight excluding hydrogens is 286 g/mol. The number of hydrogen-bond acceptors (Lipinski definition) is 4. The van der Waals surface area contributed by atoms with Gasteiger partial charge in [-0.1, -0.05) is 20.8 Å². The second kappa shape index (κ2) is 6.54. The van der Waals surface area contributed by atoms with Crippen molar-refractivity contribution >= 4 is 18.0 Å². The van der Waals surface area contributed by atoms with E-state index in [0.717, 1.165) is 4.90 Å². The van der Waals surface area contributed by atoms with Crippen molar-refractivity contribution in [2.45, 2.75) is 59.6 Å². The molecule has 1 atom stereocenters. The summed E-state index contributed by atoms with van der Waals surface area (Å²) in [5, 5.41) is 5.40. The molecular formula is C15H27N3O4. The van der Waals surface area contributed by atoms with Crippen LogP contribution in [0.2, 0.25) is 0 Å². The van der Waals surface area contributed by atoms with Gasteiger partial charge >= 0.3 is 12.1 Å². The zero-order valence-corrected chi connectivity index (χ0v) is 14.3. The Morgan fingerprint density at radius 2 is 1.86 bits per heavy atom. The number of amides is 4. The van der Waals surface area contributed by atoms with Gasteiger partial charge in [0.1, 0.15) is 5.60 Å². The molecule has 1 fully saturated rings. The normalized spacial score (nSPS) is 17.8. The highest BCUT2D eigenvalue weighted by molar-refractivity contribution is 5.96. The molecule has 0 bridgehead atoms. The quantitative estimate of drug-likeness (QED) is 0.832. The molecule has 22 heavy (non-hydrogen) atoms. The highest BCUT2D eigenvalue weighted by atomic mass is 16.6. The molecule has 0 aromatic carbocycles. The van der Waals surface area contributed by atoms with E-state index < -0.39 is 23.8 Å². The smallest absolute Gasteiger partial charge is 0.407 e. The van der Waals surface area contributed by atoms with Crippen LogP contribution >= 0.6 is 0 Å². The second-order valence-electron chi connectivity index (χ2n) is 7.55. The van der Waals surface area contributed by atoms with Gasteiger partial charge in [-0.3, -0.25) is 9.69 Å². The van der Waals surface area contributed by atoms with E-state index in [9.17, 15) is 14.4 Å². The maximum atomic E-state index is 12.0. The zero-order valence-electron chi connectivity index (χ0n) is 14.3. The monoisotopic (exact) mass is 313 g/mol. The number of nitrogens with zero attached hydrogens (tertiary/aromatic N) is 1. The molecule has 1 aliphatic heterocycles. The average molecular weight is 313 g/mol. The van der Waals surface area contributed by atoms with Gasteiger partial charge in [0, 0.05) is 13.0 Å². The van der Waals surface area contributed by atoms with E-state index in [1.165, 1.54) is 0 Å². The van der Waals surface area contributed by atoms with Crippen LogP contribution in [-0.2, 0) is 9.53 Å². The summed E-state index contributed by atoms with van der Waals surface area (Å²) in [6, 6.07) is -0.827. The molecule has 0 aliphatic carbocycles. The van der Waals surface area contributed by atoms with Crippen molar-refractivity contribution in [1.82, 2.24) is 15.5 Å². The number of carbonyl (C=O) groups is 3. The van der Waals surface area contributed by atoms with E-state index in [0.29, 0.717) is 6.54 Å². The predicted molar refractivity (Wildman–Crippen MR) is 82.3 cm³/mol. The number of nitrogens with one attached hydrogen (secondary N) is 2. The lowest BCUT2D eigenvalue weighted by Crippen LogP contribution is -2.58. The summed E-state index contributed by atoms with van der Waals surface area (Å²) in [4.78, 5) is 36.9. The lowest BCUT2D eigenvalue weighted by atomic mass is 9.86. The molecule has 1 saturated heterocycles. The van der Waals surface area contributed by atoms with E-state index in [1.54, 1.807) is 20.8 Å². The van der Waals surface area contributed by atoms with Crippen LogP contribution in [0.1, 0.15) is 48.0 Å². The molecule has 0 saturated carbocycles. The fraction of sp³-hybridized carbons (Fsp3) is 0.800. The van der Waals surface area contributed by atoms with Gasteiger partial charge in [0.05, 0.1) is 12.6 Å². The third-order valence-corrected chi connectivity index (χ3v) is 3.26. The van der Waals surface area contributed by atoms with Crippen molar-refractivity contribution in [3.05, 3.63) is 0 Å². The van der Waals surface area contributed by atoms with E-state index in [1.807, 2.05) is 20.8 Å². The largest absolute Gasteiger partial charge is 0.444 e. The molecule has 0 radical (unpaired) electrons. The first kappa shape index (κ1) is 18.3. The second-order valence-corrected chi connectivity index (χ2v) is 7.55. The van der Waals surface area contributed by atoms with Crippen molar-refractivity contribution < 1.29 is 19.1 Å². The summed E-state index contributed by atoms with van der Waals surface area (Å²) >= 11 is 0. The third kappa shape index (κ3) is 5.54. The Balaban J connectivity index is 2.79. The summed E-state index contributed by atoms with van der Waals surface area (Å²) in [6.45, 7) is 11.6. The number of urea groups is 1. The highest BCUT2D eigenvalue weighted by Crippen LogP contribution is 2.22. The van der Waals surface area contributed by atoms with E-state index in [4.69, 9.17) is 4.74 Å². The number of rotatable bonds is 3. The molecule has 1 aliphatic rings. The molecule has 4 amide bonds. The van der Waals surface area contributed by atoms with Gasteiger partial charge in [-0.25, -0.2) is 9.59 Å². The van der Waals surface area contributed by atoms with Crippen molar-refractivity contribution in [1.29, 1.82) is 0 Å². The van der Waals surface area contributed by atoms with E-state index in [-0.39, 0.29) is 24.3 Å². The number of ether oxygens (including phenoxy) is 1. The molecule has 1 rings (SSSR count). The fourth-order valence-electron chi connectivity index (χ4n) is 1.97. The van der Waals surface area contributed by atoms with Gasteiger partial charge in [0.25, 0.3) is 0 Å². The van der Waals surface area contributed by atoms with Crippen LogP contribution in [-0.4, -0.2) is 47.7 Å². The summed E-state index contributed by atoms with van der Waals surface area (Å²) in [5.74, 6) is -0.232. The summed E-state index contributed by atoms with van der Waals surface area (Å²) in [6.07, 6.45) is -0.285. The summed E-state index contributed by atoms with van der Waals surface area (Å²) in [5.41, 5.74) is -0.945. The molecule has 0 aromatic heterocycles. The molecule has 2 N–H and O–H groups in total. The fourth-order valence-corrected chi connectivity index (χ4v) is 1.97. The first-order valence-corrected chi connectivity index (χ1v) is 7.48. The Morgan fingerprint density at radius 3 is 2.32 bits per heavy atom. The van der Waals surface area contributed by atoms with Crippen molar-refractivity contribution in [2.24, 2.45) is 5.41 Å². The van der Waals surface area contributed by atoms with Gasteiger partial charge in [-0.2, -0.15) is 0 Å². The summed E-state index contributed by atoms with van der Waals surface area (Å²) in [7, 11) is 0. The summed E-state index contributed by atoms with van der Waals surface area (Å²) < 4.78 is 5.25. The number of hydrogen-bond donors (Lipinski definition) is 2. The third-order valence-electron chi connectivity index (χ3n) is 3.26. The number of alkyl carbamates (subject to hydrolysis) is 1. The molecule has 7 heteroatoms. The Kier molecular flexibility index (Phi) is 5.43. The maximum absolute atomic E-state index is 12.0. The molecule has 0 aromatic rings. The van der Waals surface area contributed by atoms with Crippen molar-refractivity contribution in [3.8, 4) is 0 Å². The molecule has 7 nitrogen and oxygen atoms in total. The Bertz CT molecular complexity index is 433. The standard InChI is InChI=1S/C15H27N3O4/c1-14(2,3)10(17-13(21)22-15(4,5)6)9-18-11(19)7-8-16-12(18)20/h10H,7-9H2,1-6H3,(H,16,20)(H,17,21)/t10-/m1/s1. The van der Waals surface area contributed by atoms with Gasteiger partial charge in [0.15, 0.2) is 0 Å². The SMILES string of the molecule is CC(C)(C)OC(=O)N[C@H](CN1C(=O)CCNC1=O)C(C)(C)C. The van der Waals surface area contributed by atoms with Crippen LogP contribution in [0, 0.1) is 5.41 Å². The number of imide groups is 1. The lowest BCUT2D eigenvalue weighted by Gasteiger charge is -2.36. The lowest BCUT2D eigenvalue weighted by molar-refractivity contribution is -0.129. The first-order valence-electron chi connectivity index (χ1n) is 7.48. The minimum atomic E-state index is -0.606. The van der Waals surface area contributed by atoms with E-state index >= 15 is 0 Å². The average Bonchev–Trinajstić information content (AvgIpc) is 2.28. The predicted octanol–water partition coefficient (Wildman–Crippen LogP) is 1.87. The Morgan fingerprint density at radius 1 is 1.27 bits per heavy atom. The van der Waals surface area contributed by atoms with Gasteiger partial charge in [0.2, 0.25) is 5.91 Å². The van der Waals surface area contributed by atoms with Crippen LogP contribution in [0.25, 0.3) is 0 Å². The Labute approximate surface area is 131 Å². The molecule has 126 valence electrons.